The van der Waals surface area contributed by atoms with Gasteiger partial charge >= 0.3 is 6.09 Å². The van der Waals surface area contributed by atoms with Crippen molar-refractivity contribution in [3.05, 3.63) is 82.8 Å². The molecule has 2 N–H and O–H groups in total. The second-order valence-electron chi connectivity index (χ2n) is 20.6. The van der Waals surface area contributed by atoms with Crippen LogP contribution in [0.5, 0.6) is 11.5 Å². The molecule has 2 bridgehead atoms. The number of hydrogen-bond donors (Lipinski definition) is 2. The first-order valence-electron chi connectivity index (χ1n) is 22.6. The maximum absolute atomic E-state index is 15.3. The van der Waals surface area contributed by atoms with E-state index < -0.39 is 34.0 Å². The zero-order chi connectivity index (χ0) is 42.4. The van der Waals surface area contributed by atoms with Crippen LogP contribution >= 0.6 is 11.3 Å². The van der Waals surface area contributed by atoms with Crippen LogP contribution in [-0.4, -0.2) is 65.6 Å². The van der Waals surface area contributed by atoms with Gasteiger partial charge in [0.1, 0.15) is 17.6 Å². The number of carbonyl (C=O) groups excluding carboxylic acids is 2. The first kappa shape index (κ1) is 41.7. The highest BCUT2D eigenvalue weighted by Crippen LogP contribution is 2.78. The van der Waals surface area contributed by atoms with Crippen LogP contribution in [0.3, 0.4) is 0 Å². The molecule has 322 valence electrons. The van der Waals surface area contributed by atoms with E-state index in [2.05, 4.69) is 65.0 Å². The highest BCUT2D eigenvalue weighted by atomic mass is 32.1. The Balaban J connectivity index is 1.10. The Morgan fingerprint density at radius 1 is 0.917 bits per heavy atom. The monoisotopic (exact) mass is 835 g/mol. The number of hydrogen-bond acceptors (Lipinski definition) is 8. The molecule has 0 radical (unpaired) electrons. The molecule has 2 spiro atoms. The summed E-state index contributed by atoms with van der Waals surface area (Å²) in [5.41, 5.74) is -1.39. The number of methoxy groups -OCH3 is 2. The molecule has 0 aliphatic heterocycles. The second kappa shape index (κ2) is 15.0. The molecule has 0 saturated heterocycles. The van der Waals surface area contributed by atoms with Crippen molar-refractivity contribution in [3.8, 4) is 11.5 Å². The average Bonchev–Trinajstić information content (AvgIpc) is 3.78. The largest absolute Gasteiger partial charge is 0.497 e. The predicted octanol–water partition coefficient (Wildman–Crippen LogP) is 10.8. The van der Waals surface area contributed by atoms with Gasteiger partial charge in [0.05, 0.1) is 43.9 Å². The molecule has 1 unspecified atom stereocenters. The van der Waals surface area contributed by atoms with Gasteiger partial charge < -0.3 is 29.3 Å². The number of thiophene rings is 1. The molecule has 7 aliphatic rings. The molecule has 1 aromatic heterocycles. The van der Waals surface area contributed by atoms with Crippen LogP contribution in [0, 0.1) is 51.2 Å². The maximum Gasteiger partial charge on any atom is 0.410 e. The Labute approximate surface area is 360 Å². The normalized spacial score (nSPS) is 37.9. The van der Waals surface area contributed by atoms with E-state index in [1.54, 1.807) is 30.5 Å². The fourth-order valence-electron chi connectivity index (χ4n) is 14.0. The zero-order valence-corrected chi connectivity index (χ0v) is 37.5. The van der Waals surface area contributed by atoms with E-state index in [1.807, 2.05) is 36.4 Å². The number of nitrogens with zero attached hydrogens (tertiary/aromatic N) is 1. The molecular weight excluding hydrogens is 771 g/mol. The maximum atomic E-state index is 15.3. The van der Waals surface area contributed by atoms with Crippen molar-refractivity contribution in [2.24, 2.45) is 51.2 Å². The molecule has 8 nitrogen and oxygen atoms in total. The van der Waals surface area contributed by atoms with E-state index >= 15 is 4.79 Å². The van der Waals surface area contributed by atoms with E-state index in [-0.39, 0.29) is 48.1 Å². The van der Waals surface area contributed by atoms with Gasteiger partial charge in [0, 0.05) is 38.1 Å². The van der Waals surface area contributed by atoms with Crippen LogP contribution < -0.4 is 9.47 Å². The van der Waals surface area contributed by atoms with Crippen molar-refractivity contribution in [3.63, 3.8) is 0 Å². The third-order valence-electron chi connectivity index (χ3n) is 17.4. The van der Waals surface area contributed by atoms with Crippen LogP contribution in [0.2, 0.25) is 0 Å². The number of carbonyl (C=O) groups is 2. The van der Waals surface area contributed by atoms with Gasteiger partial charge in [-0.2, -0.15) is 0 Å². The highest BCUT2D eigenvalue weighted by molar-refractivity contribution is 7.21. The summed E-state index contributed by atoms with van der Waals surface area (Å²) in [7, 11) is 3.25. The molecule has 4 fully saturated rings. The number of fused-ring (bicyclic) bond motifs is 2. The summed E-state index contributed by atoms with van der Waals surface area (Å²) >= 11 is 1.56. The van der Waals surface area contributed by atoms with Gasteiger partial charge in [0.25, 0.3) is 0 Å². The number of Topliss-reactive ketones (excluding diaryl/α,β-unsaturated/α-hetero) is 1. The number of aliphatic hydroxyl groups excluding tert-OH is 1. The third kappa shape index (κ3) is 6.25. The number of ether oxygens (including phenoxy) is 3. The summed E-state index contributed by atoms with van der Waals surface area (Å²) in [6.07, 6.45) is 14.1. The van der Waals surface area contributed by atoms with Crippen molar-refractivity contribution < 1.29 is 34.0 Å². The minimum absolute atomic E-state index is 0.0468. The minimum Gasteiger partial charge on any atom is -0.497 e. The molecule has 2 aromatic carbocycles. The van der Waals surface area contributed by atoms with Gasteiger partial charge in [-0.3, -0.25) is 4.79 Å². The van der Waals surface area contributed by atoms with Gasteiger partial charge in [-0.05, 0) is 122 Å². The Morgan fingerprint density at radius 2 is 1.67 bits per heavy atom. The van der Waals surface area contributed by atoms with Crippen molar-refractivity contribution >= 4 is 33.3 Å². The number of benzene rings is 2. The molecule has 9 heteroatoms. The molecule has 1 heterocycles. The van der Waals surface area contributed by atoms with E-state index in [0.717, 1.165) is 77.5 Å². The Bertz CT molecular complexity index is 2200. The average molecular weight is 836 g/mol. The summed E-state index contributed by atoms with van der Waals surface area (Å²) in [5, 5.41) is 25.7. The highest BCUT2D eigenvalue weighted by Gasteiger charge is 2.74. The smallest absolute Gasteiger partial charge is 0.410 e. The van der Waals surface area contributed by atoms with E-state index in [1.165, 1.54) is 0 Å². The second-order valence-corrected chi connectivity index (χ2v) is 21.7. The van der Waals surface area contributed by atoms with Crippen molar-refractivity contribution in [2.75, 3.05) is 20.8 Å². The number of amides is 1. The van der Waals surface area contributed by atoms with Gasteiger partial charge in [-0.15, -0.1) is 11.3 Å². The summed E-state index contributed by atoms with van der Waals surface area (Å²) in [6.45, 7) is 11.6. The topological polar surface area (TPSA) is 106 Å². The standard InChI is InChI=1S/C51H65NO7S/c1-31(2)37-15-12-32(3)24-40(37)59-46(55)52(29-34-13-14-36(57-6)26-39(34)58-7)30-50(56)21-18-44-48(50,5)20-17-43-47(4)19-16-35(53)27-49(47)22-23-51(43,44)38(28-49)45(54)42-25-33-10-8-9-11-41(33)60-42/h8-11,13-14,22-23,25-26,28,31-32,35,37,40,43-44,53,56H,12,15-21,24,27,29-30H2,1-7H3/t32-,35?,37+,40-,43+,44+,47+,48-,49-,50+,51+/m0/s1. The number of ketones is 1. The fourth-order valence-corrected chi connectivity index (χ4v) is 15.0. The first-order valence-corrected chi connectivity index (χ1v) is 23.5. The molecule has 11 atom stereocenters. The lowest BCUT2D eigenvalue weighted by molar-refractivity contribution is -0.175. The lowest BCUT2D eigenvalue weighted by atomic mass is 9.32. The quantitative estimate of drug-likeness (QED) is 0.155. The minimum atomic E-state index is -1.26. The van der Waals surface area contributed by atoms with Crippen LogP contribution in [0.15, 0.2) is 72.3 Å². The zero-order valence-electron chi connectivity index (χ0n) is 36.7. The fraction of sp³-hybridized carbons (Fsp3) is 0.608. The molecule has 60 heavy (non-hydrogen) atoms. The molecule has 7 aliphatic carbocycles. The van der Waals surface area contributed by atoms with Crippen LogP contribution in [-0.2, 0) is 11.3 Å². The molecule has 1 amide bonds. The van der Waals surface area contributed by atoms with Crippen LogP contribution in [0.1, 0.15) is 114 Å². The third-order valence-corrected chi connectivity index (χ3v) is 18.5. The van der Waals surface area contributed by atoms with E-state index in [4.69, 9.17) is 14.2 Å². The van der Waals surface area contributed by atoms with Gasteiger partial charge in [-0.1, -0.05) is 77.5 Å². The number of aliphatic hydroxyl groups is 2. The van der Waals surface area contributed by atoms with Crippen LogP contribution in [0.4, 0.5) is 4.79 Å². The molecule has 3 aromatic rings. The molecular formula is C51H65NO7S. The Hall–Kier alpha value is -3.66. The van der Waals surface area contributed by atoms with Gasteiger partial charge in [0.15, 0.2) is 5.78 Å². The number of rotatable bonds is 10. The van der Waals surface area contributed by atoms with E-state index in [9.17, 15) is 15.0 Å². The van der Waals surface area contributed by atoms with Crippen molar-refractivity contribution in [2.45, 2.75) is 123 Å². The first-order chi connectivity index (χ1) is 28.6. The van der Waals surface area contributed by atoms with Gasteiger partial charge in [-0.25, -0.2) is 4.79 Å². The Kier molecular flexibility index (Phi) is 10.4. The van der Waals surface area contributed by atoms with Gasteiger partial charge in [0.2, 0.25) is 0 Å². The lowest BCUT2D eigenvalue weighted by Gasteiger charge is -2.71. The summed E-state index contributed by atoms with van der Waals surface area (Å²) in [4.78, 5) is 32.6. The van der Waals surface area contributed by atoms with E-state index in [0.29, 0.717) is 36.2 Å². The van der Waals surface area contributed by atoms with Crippen LogP contribution in [0.25, 0.3) is 10.1 Å². The van der Waals surface area contributed by atoms with Crippen molar-refractivity contribution in [1.29, 1.82) is 0 Å². The van der Waals surface area contributed by atoms with Crippen molar-refractivity contribution in [1.82, 2.24) is 4.90 Å². The Morgan fingerprint density at radius 3 is 2.42 bits per heavy atom. The summed E-state index contributed by atoms with van der Waals surface area (Å²) < 4.78 is 19.0. The number of allylic oxidation sites excluding steroid dienone is 4. The predicted molar refractivity (Wildman–Crippen MR) is 236 cm³/mol. The summed E-state index contributed by atoms with van der Waals surface area (Å²) in [5.74, 6) is 2.59. The molecule has 4 saturated carbocycles. The molecule has 10 rings (SSSR count). The summed E-state index contributed by atoms with van der Waals surface area (Å²) in [6, 6.07) is 15.9. The SMILES string of the molecule is COc1ccc(CN(C[C@]2(O)CC[C@H]3[C@]45C=C[C@@]6(C=C4C(=O)c4cc7ccccc7s4)CC(O)CC[C@]6(C)[C@H]5CC[C@@]32C)C(=O)O[C@H]2C[C@@H](C)CC[C@@H]2C(C)C)c(OC)c1. The lowest BCUT2D eigenvalue weighted by Crippen LogP contribution is -2.67.